The maximum absolute atomic E-state index is 12.6. The van der Waals surface area contributed by atoms with Crippen molar-refractivity contribution in [3.63, 3.8) is 0 Å². The van der Waals surface area contributed by atoms with Gasteiger partial charge in [-0.05, 0) is 69.6 Å². The average Bonchev–Trinajstić information content (AvgIpc) is 3.37. The van der Waals surface area contributed by atoms with Crippen molar-refractivity contribution in [2.24, 2.45) is 0 Å². The Morgan fingerprint density at radius 1 is 0.900 bits per heavy atom. The summed E-state index contributed by atoms with van der Waals surface area (Å²) in [6, 6.07) is 13.9. The lowest BCUT2D eigenvalue weighted by Crippen LogP contribution is -2.37. The van der Waals surface area contributed by atoms with E-state index in [0.29, 0.717) is 53.8 Å². The molecule has 3 heterocycles. The number of hydrogen-bond acceptors (Lipinski definition) is 9. The van der Waals surface area contributed by atoms with E-state index in [1.165, 1.54) is 0 Å². The molecule has 5 rings (SSSR count). The molecule has 4 aromatic rings. The highest BCUT2D eigenvalue weighted by Gasteiger charge is 2.21. The number of amides is 3. The topological polar surface area (TPSA) is 142 Å². The normalized spacial score (nSPS) is 13.4. The van der Waals surface area contributed by atoms with Crippen LogP contribution in [-0.2, 0) is 16.1 Å². The summed E-state index contributed by atoms with van der Waals surface area (Å²) in [7, 11) is 3.66. The molecule has 208 valence electrons. The molecule has 0 unspecified atom stereocenters. The first-order valence-electron chi connectivity index (χ1n) is 13.1. The molecule has 13 nitrogen and oxygen atoms in total. The van der Waals surface area contributed by atoms with E-state index in [0.717, 1.165) is 24.5 Å². The number of likely N-dealkylation sites (N-methyl/N-ethyl adjacent to an activating group) is 1. The predicted molar refractivity (Wildman–Crippen MR) is 154 cm³/mol. The van der Waals surface area contributed by atoms with Crippen LogP contribution in [0.5, 0.6) is 0 Å². The first kappa shape index (κ1) is 27.0. The van der Waals surface area contributed by atoms with Gasteiger partial charge in [0.05, 0.1) is 19.8 Å². The van der Waals surface area contributed by atoms with Crippen LogP contribution in [0.2, 0.25) is 0 Å². The van der Waals surface area contributed by atoms with Crippen LogP contribution in [0, 0.1) is 0 Å². The molecule has 0 aliphatic carbocycles. The lowest BCUT2D eigenvalue weighted by atomic mass is 10.2. The van der Waals surface area contributed by atoms with Crippen molar-refractivity contribution in [3.8, 4) is 11.4 Å². The lowest BCUT2D eigenvalue weighted by Gasteiger charge is -2.27. The molecule has 2 aromatic heterocycles. The maximum atomic E-state index is 12.6. The number of carbonyl (C=O) groups is 2. The van der Waals surface area contributed by atoms with Gasteiger partial charge in [0.2, 0.25) is 5.91 Å². The third kappa shape index (κ3) is 6.33. The van der Waals surface area contributed by atoms with E-state index in [9.17, 15) is 9.59 Å². The number of ether oxygens (including phenoxy) is 1. The second kappa shape index (κ2) is 12.1. The Morgan fingerprint density at radius 3 is 2.10 bits per heavy atom. The first-order chi connectivity index (χ1) is 19.4. The summed E-state index contributed by atoms with van der Waals surface area (Å²) in [5, 5.41) is 17.0. The molecule has 1 aliphatic heterocycles. The average molecular weight is 545 g/mol. The second-order valence-corrected chi connectivity index (χ2v) is 9.57. The van der Waals surface area contributed by atoms with Gasteiger partial charge in [-0.2, -0.15) is 0 Å². The van der Waals surface area contributed by atoms with Crippen LogP contribution < -0.4 is 20.9 Å². The third-order valence-electron chi connectivity index (χ3n) is 6.24. The van der Waals surface area contributed by atoms with Crippen molar-refractivity contribution in [2.45, 2.75) is 13.5 Å². The Hall–Kier alpha value is -4.62. The number of anilines is 4. The van der Waals surface area contributed by atoms with Gasteiger partial charge in [0.25, 0.3) is 0 Å². The number of fused-ring (bicyclic) bond motifs is 1. The Labute approximate surface area is 231 Å². The van der Waals surface area contributed by atoms with E-state index in [1.807, 2.05) is 33.2 Å². The second-order valence-electron chi connectivity index (χ2n) is 9.57. The zero-order valence-electron chi connectivity index (χ0n) is 22.7. The molecule has 1 saturated heterocycles. The fourth-order valence-electron chi connectivity index (χ4n) is 4.30. The standard InChI is InChI=1S/C27H32N10O3/c1-4-37-26-23(33-34-37)25(36-13-15-40-16-14-36)31-24(32-26)18-5-7-20(8-6-18)29-27(39)30-21-11-9-19(10-12-21)28-22(38)17-35(2)3/h5-12H,4,13-17H2,1-3H3,(H,28,38)(H2,29,30,39). The van der Waals surface area contributed by atoms with Crippen molar-refractivity contribution >= 4 is 46.0 Å². The number of hydrogen-bond donors (Lipinski definition) is 3. The largest absolute Gasteiger partial charge is 0.378 e. The minimum Gasteiger partial charge on any atom is -0.378 e. The number of carbonyl (C=O) groups excluding carboxylic acids is 2. The van der Waals surface area contributed by atoms with Crippen molar-refractivity contribution < 1.29 is 14.3 Å². The van der Waals surface area contributed by atoms with Crippen LogP contribution in [0.3, 0.4) is 0 Å². The zero-order chi connectivity index (χ0) is 28.1. The van der Waals surface area contributed by atoms with Gasteiger partial charge in [-0.3, -0.25) is 4.79 Å². The van der Waals surface area contributed by atoms with Crippen molar-refractivity contribution in [3.05, 3.63) is 48.5 Å². The van der Waals surface area contributed by atoms with Gasteiger partial charge in [-0.25, -0.2) is 19.4 Å². The Kier molecular flexibility index (Phi) is 8.12. The van der Waals surface area contributed by atoms with E-state index in [1.54, 1.807) is 46.0 Å². The van der Waals surface area contributed by atoms with E-state index in [2.05, 4.69) is 31.2 Å². The minimum atomic E-state index is -0.387. The summed E-state index contributed by atoms with van der Waals surface area (Å²) in [6.07, 6.45) is 0. The monoisotopic (exact) mass is 544 g/mol. The predicted octanol–water partition coefficient (Wildman–Crippen LogP) is 2.89. The highest BCUT2D eigenvalue weighted by atomic mass is 16.5. The molecule has 40 heavy (non-hydrogen) atoms. The van der Waals surface area contributed by atoms with Gasteiger partial charge in [-0.15, -0.1) is 5.10 Å². The number of aromatic nitrogens is 5. The van der Waals surface area contributed by atoms with Crippen molar-refractivity contribution in [1.29, 1.82) is 0 Å². The molecule has 0 radical (unpaired) electrons. The van der Waals surface area contributed by atoms with Gasteiger partial charge in [0, 0.05) is 42.3 Å². The van der Waals surface area contributed by atoms with E-state index in [4.69, 9.17) is 14.7 Å². The number of morpholine rings is 1. The molecule has 2 aromatic carbocycles. The molecular formula is C27H32N10O3. The fraction of sp³-hybridized carbons (Fsp3) is 0.333. The number of rotatable bonds is 8. The summed E-state index contributed by atoms with van der Waals surface area (Å²) >= 11 is 0. The molecule has 3 amide bonds. The fourth-order valence-corrected chi connectivity index (χ4v) is 4.30. The Bertz CT molecular complexity index is 1480. The number of nitrogens with one attached hydrogen (secondary N) is 3. The maximum Gasteiger partial charge on any atom is 0.323 e. The van der Waals surface area contributed by atoms with Crippen molar-refractivity contribution in [1.82, 2.24) is 29.9 Å². The molecule has 1 fully saturated rings. The van der Waals surface area contributed by atoms with Gasteiger partial charge >= 0.3 is 6.03 Å². The minimum absolute atomic E-state index is 0.109. The molecule has 0 spiro atoms. The van der Waals surface area contributed by atoms with Gasteiger partial charge in [-0.1, -0.05) is 5.21 Å². The molecular weight excluding hydrogens is 512 g/mol. The summed E-state index contributed by atoms with van der Waals surface area (Å²) in [4.78, 5) is 38.0. The summed E-state index contributed by atoms with van der Waals surface area (Å²) < 4.78 is 7.26. The molecule has 1 aliphatic rings. The van der Waals surface area contributed by atoms with E-state index >= 15 is 0 Å². The summed E-state index contributed by atoms with van der Waals surface area (Å²) in [5.41, 5.74) is 4.02. The van der Waals surface area contributed by atoms with Crippen molar-refractivity contribution in [2.75, 3.05) is 67.8 Å². The van der Waals surface area contributed by atoms with Gasteiger partial charge in [0.1, 0.15) is 0 Å². The highest BCUT2D eigenvalue weighted by molar-refractivity contribution is 6.00. The Balaban J connectivity index is 1.26. The van der Waals surface area contributed by atoms with E-state index < -0.39 is 0 Å². The van der Waals surface area contributed by atoms with Crippen LogP contribution in [0.4, 0.5) is 27.7 Å². The lowest BCUT2D eigenvalue weighted by molar-refractivity contribution is -0.116. The quantitative estimate of drug-likeness (QED) is 0.305. The number of aryl methyl sites for hydroxylation is 1. The smallest absolute Gasteiger partial charge is 0.323 e. The molecule has 3 N–H and O–H groups in total. The highest BCUT2D eigenvalue weighted by Crippen LogP contribution is 2.27. The van der Waals surface area contributed by atoms with Crippen LogP contribution >= 0.6 is 0 Å². The SMILES string of the molecule is CCn1nnc2c(N3CCOCC3)nc(-c3ccc(NC(=O)Nc4ccc(NC(=O)CN(C)C)cc4)cc3)nc21. The first-order valence-corrected chi connectivity index (χ1v) is 13.1. The number of urea groups is 1. The molecule has 0 bridgehead atoms. The van der Waals surface area contributed by atoms with Gasteiger partial charge in [0.15, 0.2) is 22.8 Å². The van der Waals surface area contributed by atoms with Gasteiger partial charge < -0.3 is 30.5 Å². The Morgan fingerprint density at radius 2 is 1.50 bits per heavy atom. The van der Waals surface area contributed by atoms with Crippen LogP contribution in [0.25, 0.3) is 22.6 Å². The van der Waals surface area contributed by atoms with E-state index in [-0.39, 0.29) is 18.5 Å². The number of benzene rings is 2. The molecule has 0 atom stereocenters. The zero-order valence-corrected chi connectivity index (χ0v) is 22.7. The summed E-state index contributed by atoms with van der Waals surface area (Å²) in [5.74, 6) is 1.19. The molecule has 13 heteroatoms. The van der Waals surface area contributed by atoms with Crippen LogP contribution in [0.1, 0.15) is 6.92 Å². The molecule has 0 saturated carbocycles. The van der Waals surface area contributed by atoms with Crippen LogP contribution in [0.15, 0.2) is 48.5 Å². The summed E-state index contributed by atoms with van der Waals surface area (Å²) in [6.45, 7) is 5.62. The third-order valence-corrected chi connectivity index (χ3v) is 6.24. The van der Waals surface area contributed by atoms with Crippen LogP contribution in [-0.4, -0.2) is 88.7 Å². The number of nitrogens with zero attached hydrogens (tertiary/aromatic N) is 7.